The molecule has 5 unspecified atom stereocenters. The van der Waals surface area contributed by atoms with Crippen LogP contribution in [-0.4, -0.2) is 24.9 Å². The minimum Gasteiger partial charge on any atom is -0.373 e. The van der Waals surface area contributed by atoms with Crippen LogP contribution in [0.4, 0.5) is 0 Å². The van der Waals surface area contributed by atoms with E-state index in [9.17, 15) is 4.79 Å². The lowest BCUT2D eigenvalue weighted by molar-refractivity contribution is -0.154. The Morgan fingerprint density at radius 1 is 1.53 bits per heavy atom. The molecule has 0 aliphatic heterocycles. The first kappa shape index (κ1) is 15.1. The van der Waals surface area contributed by atoms with E-state index in [4.69, 9.17) is 16.3 Å². The summed E-state index contributed by atoms with van der Waals surface area (Å²) in [4.78, 5) is 12.8. The van der Waals surface area contributed by atoms with Crippen molar-refractivity contribution in [3.05, 3.63) is 12.2 Å². The second-order valence-electron chi connectivity index (χ2n) is 6.56. The fourth-order valence-corrected chi connectivity index (χ4v) is 4.74. The number of hydrogen-bond acceptors (Lipinski definition) is 2. The largest absolute Gasteiger partial charge is 0.373 e. The molecule has 19 heavy (non-hydrogen) atoms. The molecule has 2 aliphatic rings. The Morgan fingerprint density at radius 2 is 2.21 bits per heavy atom. The Balaban J connectivity index is 2.36. The summed E-state index contributed by atoms with van der Waals surface area (Å²) in [5, 5.41) is 0. The van der Waals surface area contributed by atoms with Gasteiger partial charge in [0.2, 0.25) is 0 Å². The molecule has 0 aromatic rings. The number of carbonyl (C=O) groups is 1. The van der Waals surface area contributed by atoms with Crippen molar-refractivity contribution in [1.82, 2.24) is 0 Å². The Kier molecular flexibility index (Phi) is 4.42. The number of ether oxygens (including phenoxy) is 1. The van der Waals surface area contributed by atoms with Crippen molar-refractivity contribution in [1.29, 1.82) is 0 Å². The number of ketones is 1. The lowest BCUT2D eigenvalue weighted by Gasteiger charge is -2.53. The first-order valence-corrected chi connectivity index (χ1v) is 7.77. The number of rotatable bonds is 3. The molecule has 2 fully saturated rings. The molecule has 0 spiro atoms. The Hall–Kier alpha value is -0.340. The van der Waals surface area contributed by atoms with E-state index in [1.54, 1.807) is 7.11 Å². The molecular formula is C16H25ClO2. The highest BCUT2D eigenvalue weighted by molar-refractivity contribution is 6.18. The molecule has 2 nitrogen and oxygen atoms in total. The molecule has 0 amide bonds. The van der Waals surface area contributed by atoms with E-state index in [-0.39, 0.29) is 29.1 Å². The maximum atomic E-state index is 12.8. The number of hydrogen-bond donors (Lipinski definition) is 0. The molecule has 0 bridgehead atoms. The maximum absolute atomic E-state index is 12.8. The normalized spacial score (nSPS) is 42.8. The zero-order chi connectivity index (χ0) is 14.2. The Labute approximate surface area is 121 Å². The van der Waals surface area contributed by atoms with Crippen molar-refractivity contribution in [2.24, 2.45) is 23.2 Å². The van der Waals surface area contributed by atoms with Gasteiger partial charge in [-0.05, 0) is 37.5 Å². The van der Waals surface area contributed by atoms with Crippen LogP contribution in [-0.2, 0) is 9.53 Å². The molecule has 0 radical (unpaired) electrons. The summed E-state index contributed by atoms with van der Waals surface area (Å²) in [6.07, 6.45) is 3.92. The van der Waals surface area contributed by atoms with Crippen LogP contribution in [0.3, 0.4) is 0 Å². The number of halogens is 1. The Bertz CT molecular complexity index is 379. The van der Waals surface area contributed by atoms with Crippen molar-refractivity contribution in [2.75, 3.05) is 13.0 Å². The van der Waals surface area contributed by atoms with E-state index in [2.05, 4.69) is 13.5 Å². The monoisotopic (exact) mass is 284 g/mol. The van der Waals surface area contributed by atoms with Crippen molar-refractivity contribution in [2.45, 2.75) is 45.6 Å². The Morgan fingerprint density at radius 3 is 2.74 bits per heavy atom. The van der Waals surface area contributed by atoms with Gasteiger partial charge in [0.1, 0.15) is 6.10 Å². The van der Waals surface area contributed by atoms with Crippen LogP contribution < -0.4 is 0 Å². The summed E-state index contributed by atoms with van der Waals surface area (Å²) in [7, 11) is 1.64. The fourth-order valence-electron chi connectivity index (χ4n) is 4.23. The SMILES string of the molecule is C=C(C)C1CC2(C)C(CCl)CCCC2C(=O)C1OC. The second-order valence-corrected chi connectivity index (χ2v) is 6.86. The highest BCUT2D eigenvalue weighted by atomic mass is 35.5. The zero-order valence-electron chi connectivity index (χ0n) is 12.2. The van der Waals surface area contributed by atoms with Crippen LogP contribution in [0.25, 0.3) is 0 Å². The summed E-state index contributed by atoms with van der Waals surface area (Å²) in [6, 6.07) is 0. The molecule has 0 N–H and O–H groups in total. The van der Waals surface area contributed by atoms with E-state index in [1.165, 1.54) is 0 Å². The predicted molar refractivity (Wildman–Crippen MR) is 78.4 cm³/mol. The van der Waals surface area contributed by atoms with Gasteiger partial charge in [0.15, 0.2) is 5.78 Å². The van der Waals surface area contributed by atoms with Crippen LogP contribution >= 0.6 is 11.6 Å². The molecule has 3 heteroatoms. The fraction of sp³-hybridized carbons (Fsp3) is 0.812. The zero-order valence-corrected chi connectivity index (χ0v) is 13.0. The number of carbonyl (C=O) groups excluding carboxylic acids is 1. The number of Topliss-reactive ketones (excluding diaryl/α,β-unsaturated/α-hetero) is 1. The number of methoxy groups -OCH3 is 1. The third-order valence-electron chi connectivity index (χ3n) is 5.50. The van der Waals surface area contributed by atoms with E-state index in [1.807, 2.05) is 6.92 Å². The third-order valence-corrected chi connectivity index (χ3v) is 5.87. The minimum atomic E-state index is -0.301. The van der Waals surface area contributed by atoms with Gasteiger partial charge >= 0.3 is 0 Å². The van der Waals surface area contributed by atoms with E-state index in [0.717, 1.165) is 31.3 Å². The van der Waals surface area contributed by atoms with Crippen molar-refractivity contribution in [3.63, 3.8) is 0 Å². The summed E-state index contributed by atoms with van der Waals surface area (Å²) in [5.74, 6) is 1.63. The molecule has 0 saturated heterocycles. The topological polar surface area (TPSA) is 26.3 Å². The smallest absolute Gasteiger partial charge is 0.165 e. The first-order chi connectivity index (χ1) is 8.95. The quantitative estimate of drug-likeness (QED) is 0.582. The lowest BCUT2D eigenvalue weighted by atomic mass is 9.52. The van der Waals surface area contributed by atoms with E-state index < -0.39 is 0 Å². The molecule has 2 saturated carbocycles. The summed E-state index contributed by atoms with van der Waals surface area (Å²) >= 11 is 6.17. The lowest BCUT2D eigenvalue weighted by Crippen LogP contribution is -2.55. The standard InChI is InChI=1S/C16H25ClO2/c1-10(2)12-8-16(3)11(9-17)6-5-7-13(16)14(18)15(12)19-4/h11-13,15H,1,5-9H2,2-4H3. The molecular weight excluding hydrogens is 260 g/mol. The van der Waals surface area contributed by atoms with Gasteiger partial charge in [-0.25, -0.2) is 0 Å². The molecule has 0 aromatic heterocycles. The van der Waals surface area contributed by atoms with Crippen LogP contribution in [0.2, 0.25) is 0 Å². The van der Waals surface area contributed by atoms with Crippen molar-refractivity contribution in [3.8, 4) is 0 Å². The van der Waals surface area contributed by atoms with Crippen LogP contribution in [0.15, 0.2) is 12.2 Å². The second kappa shape index (κ2) is 5.57. The molecule has 0 aromatic carbocycles. The van der Waals surface area contributed by atoms with Gasteiger partial charge in [-0.2, -0.15) is 0 Å². The van der Waals surface area contributed by atoms with Crippen LogP contribution in [0.1, 0.15) is 39.5 Å². The molecule has 0 heterocycles. The van der Waals surface area contributed by atoms with Gasteiger partial charge in [0.05, 0.1) is 0 Å². The average Bonchev–Trinajstić information content (AvgIpc) is 2.37. The van der Waals surface area contributed by atoms with Gasteiger partial charge in [0.25, 0.3) is 0 Å². The summed E-state index contributed by atoms with van der Waals surface area (Å²) in [5.41, 5.74) is 1.08. The summed E-state index contributed by atoms with van der Waals surface area (Å²) < 4.78 is 5.50. The van der Waals surface area contributed by atoms with Gasteiger partial charge in [-0.1, -0.05) is 25.5 Å². The van der Waals surface area contributed by atoms with Crippen LogP contribution in [0, 0.1) is 23.2 Å². The summed E-state index contributed by atoms with van der Waals surface area (Å²) in [6.45, 7) is 8.33. The predicted octanol–water partition coefficient (Wildman–Crippen LogP) is 3.83. The minimum absolute atomic E-state index is 0.0235. The number of fused-ring (bicyclic) bond motifs is 1. The van der Waals surface area contributed by atoms with Crippen molar-refractivity contribution >= 4 is 17.4 Å². The van der Waals surface area contributed by atoms with Crippen LogP contribution in [0.5, 0.6) is 0 Å². The van der Waals surface area contributed by atoms with E-state index >= 15 is 0 Å². The highest BCUT2D eigenvalue weighted by Gasteiger charge is 2.54. The van der Waals surface area contributed by atoms with Crippen molar-refractivity contribution < 1.29 is 9.53 Å². The van der Waals surface area contributed by atoms with Gasteiger partial charge in [-0.3, -0.25) is 4.79 Å². The molecule has 2 aliphatic carbocycles. The van der Waals surface area contributed by atoms with E-state index in [0.29, 0.717) is 11.8 Å². The average molecular weight is 285 g/mol. The van der Waals surface area contributed by atoms with Gasteiger partial charge in [-0.15, -0.1) is 11.6 Å². The molecule has 108 valence electrons. The van der Waals surface area contributed by atoms with Gasteiger partial charge in [0, 0.05) is 24.8 Å². The molecule has 2 rings (SSSR count). The number of alkyl halides is 1. The first-order valence-electron chi connectivity index (χ1n) is 7.23. The highest BCUT2D eigenvalue weighted by Crippen LogP contribution is 2.55. The molecule has 5 atom stereocenters. The van der Waals surface area contributed by atoms with Gasteiger partial charge < -0.3 is 4.74 Å². The third kappa shape index (κ3) is 2.38. The maximum Gasteiger partial charge on any atom is 0.165 e.